The van der Waals surface area contributed by atoms with Crippen LogP contribution < -0.4 is 15.4 Å². The minimum Gasteiger partial charge on any atom is -0.488 e. The van der Waals surface area contributed by atoms with Crippen LogP contribution in [0.3, 0.4) is 0 Å². The summed E-state index contributed by atoms with van der Waals surface area (Å²) in [6, 6.07) is 6.30. The summed E-state index contributed by atoms with van der Waals surface area (Å²) in [4.78, 5) is 9.53. The second-order valence-corrected chi connectivity index (χ2v) is 9.58. The van der Waals surface area contributed by atoms with E-state index in [0.29, 0.717) is 19.7 Å². The van der Waals surface area contributed by atoms with Crippen molar-refractivity contribution in [1.82, 2.24) is 15.6 Å². The Balaban J connectivity index is 0.00000341. The maximum Gasteiger partial charge on any atom is 0.191 e. The van der Waals surface area contributed by atoms with Crippen molar-refractivity contribution in [3.8, 4) is 5.75 Å². The lowest BCUT2D eigenvalue weighted by Gasteiger charge is -2.16. The van der Waals surface area contributed by atoms with Crippen molar-refractivity contribution in [1.29, 1.82) is 0 Å². The van der Waals surface area contributed by atoms with Gasteiger partial charge in [-0.05, 0) is 25.5 Å². The summed E-state index contributed by atoms with van der Waals surface area (Å²) in [6.45, 7) is 14.1. The molecule has 1 aliphatic rings. The Kier molecular flexibility index (Phi) is 10.0. The molecule has 31 heavy (non-hydrogen) atoms. The third-order valence-electron chi connectivity index (χ3n) is 4.88. The van der Waals surface area contributed by atoms with Crippen LogP contribution in [0.1, 0.15) is 55.9 Å². The van der Waals surface area contributed by atoms with Gasteiger partial charge in [-0.25, -0.2) is 9.98 Å². The molecule has 0 saturated carbocycles. The zero-order chi connectivity index (χ0) is 21.6. The lowest BCUT2D eigenvalue weighted by atomic mass is 9.93. The summed E-state index contributed by atoms with van der Waals surface area (Å²) in [5.74, 6) is 1.68. The molecule has 1 atom stereocenters. The number of halogens is 1. The number of nitrogens with one attached hydrogen (secondary N) is 2. The highest BCUT2D eigenvalue weighted by molar-refractivity contribution is 14.0. The van der Waals surface area contributed by atoms with E-state index in [1.54, 1.807) is 11.3 Å². The van der Waals surface area contributed by atoms with E-state index in [-0.39, 0.29) is 35.5 Å². The number of aliphatic imine (C=N–C) groups is 1. The molecular weight excluding hydrogens is 523 g/mol. The topological polar surface area (TPSA) is 67.8 Å². The Labute approximate surface area is 207 Å². The van der Waals surface area contributed by atoms with Crippen LogP contribution in [0.2, 0.25) is 0 Å². The Morgan fingerprint density at radius 2 is 2.13 bits per heavy atom. The van der Waals surface area contributed by atoms with E-state index >= 15 is 0 Å². The van der Waals surface area contributed by atoms with Crippen molar-refractivity contribution in [2.45, 2.75) is 65.6 Å². The summed E-state index contributed by atoms with van der Waals surface area (Å²) in [5.41, 5.74) is 3.46. The van der Waals surface area contributed by atoms with E-state index in [2.05, 4.69) is 68.8 Å². The van der Waals surface area contributed by atoms with Gasteiger partial charge < -0.3 is 20.1 Å². The second kappa shape index (κ2) is 12.0. The van der Waals surface area contributed by atoms with E-state index < -0.39 is 0 Å². The highest BCUT2D eigenvalue weighted by atomic mass is 127. The molecule has 3 rings (SSSR count). The highest BCUT2D eigenvalue weighted by Gasteiger charge is 2.19. The number of thiazole rings is 1. The van der Waals surface area contributed by atoms with Crippen LogP contribution in [0, 0.1) is 6.92 Å². The maximum absolute atomic E-state index is 6.20. The first-order valence-corrected chi connectivity index (χ1v) is 11.5. The molecule has 1 aromatic heterocycles. The van der Waals surface area contributed by atoms with E-state index in [4.69, 9.17) is 19.5 Å². The third kappa shape index (κ3) is 7.91. The van der Waals surface area contributed by atoms with Crippen LogP contribution in [0.15, 0.2) is 28.6 Å². The predicted molar refractivity (Wildman–Crippen MR) is 139 cm³/mol. The van der Waals surface area contributed by atoms with Gasteiger partial charge in [0, 0.05) is 29.3 Å². The zero-order valence-electron chi connectivity index (χ0n) is 19.2. The van der Waals surface area contributed by atoms with Gasteiger partial charge in [0.1, 0.15) is 16.9 Å². The Morgan fingerprint density at radius 3 is 2.77 bits per heavy atom. The number of ether oxygens (including phenoxy) is 2. The van der Waals surface area contributed by atoms with Gasteiger partial charge in [0.05, 0.1) is 32.0 Å². The van der Waals surface area contributed by atoms with Crippen molar-refractivity contribution in [2.24, 2.45) is 4.99 Å². The van der Waals surface area contributed by atoms with E-state index in [1.165, 1.54) is 5.56 Å². The lowest BCUT2D eigenvalue weighted by Crippen LogP contribution is -2.36. The number of benzene rings is 1. The fourth-order valence-corrected chi connectivity index (χ4v) is 4.05. The maximum atomic E-state index is 6.20. The Morgan fingerprint density at radius 1 is 1.32 bits per heavy atom. The number of guanidine groups is 1. The van der Waals surface area contributed by atoms with Gasteiger partial charge in [0.2, 0.25) is 0 Å². The molecule has 8 heteroatoms. The molecule has 1 aromatic carbocycles. The predicted octanol–water partition coefficient (Wildman–Crippen LogP) is 4.79. The van der Waals surface area contributed by atoms with Crippen molar-refractivity contribution in [3.63, 3.8) is 0 Å². The van der Waals surface area contributed by atoms with Gasteiger partial charge in [-0.15, -0.1) is 35.3 Å². The fraction of sp³-hybridized carbons (Fsp3) is 0.565. The van der Waals surface area contributed by atoms with Crippen molar-refractivity contribution >= 4 is 41.3 Å². The molecule has 2 heterocycles. The molecule has 172 valence electrons. The number of aryl methyl sites for hydroxylation is 1. The molecule has 2 N–H and O–H groups in total. The molecule has 1 saturated heterocycles. The first-order valence-electron chi connectivity index (χ1n) is 10.7. The number of nitrogens with zero attached hydrogens (tertiary/aromatic N) is 2. The molecule has 2 aromatic rings. The van der Waals surface area contributed by atoms with Crippen molar-refractivity contribution in [3.05, 3.63) is 45.4 Å². The van der Waals surface area contributed by atoms with Gasteiger partial charge in [-0.3, -0.25) is 0 Å². The van der Waals surface area contributed by atoms with Gasteiger partial charge in [0.25, 0.3) is 0 Å². The van der Waals surface area contributed by atoms with Crippen LogP contribution in [0.4, 0.5) is 0 Å². The number of rotatable bonds is 7. The van der Waals surface area contributed by atoms with Gasteiger partial charge in [0.15, 0.2) is 5.96 Å². The number of hydrogen-bond acceptors (Lipinski definition) is 5. The molecule has 1 aliphatic heterocycles. The van der Waals surface area contributed by atoms with Crippen LogP contribution >= 0.6 is 35.3 Å². The SMILES string of the molecule is CCNC(=NCc1ccc(C)cc1OC1CCOC1)NCc1nc(C(C)(C)C)cs1.I. The lowest BCUT2D eigenvalue weighted by molar-refractivity contribution is 0.140. The van der Waals surface area contributed by atoms with Crippen LogP contribution in [-0.2, 0) is 23.2 Å². The first-order chi connectivity index (χ1) is 14.3. The standard InChI is InChI=1S/C23H34N4O2S.HI/c1-6-24-22(26-13-21-27-20(15-30-21)23(3,4)5)25-12-17-8-7-16(2)11-19(17)29-18-9-10-28-14-18;/h7-8,11,15,18H,6,9-10,12-14H2,1-5H3,(H2,24,25,26);1H. The van der Waals surface area contributed by atoms with Crippen molar-refractivity contribution in [2.75, 3.05) is 19.8 Å². The monoisotopic (exact) mass is 558 g/mol. The van der Waals surface area contributed by atoms with Crippen molar-refractivity contribution < 1.29 is 9.47 Å². The molecule has 0 bridgehead atoms. The Bertz CT molecular complexity index is 858. The largest absolute Gasteiger partial charge is 0.488 e. The minimum atomic E-state index is 0. The molecular formula is C23H35IN4O2S. The van der Waals surface area contributed by atoms with E-state index in [9.17, 15) is 0 Å². The zero-order valence-corrected chi connectivity index (χ0v) is 22.3. The van der Waals surface area contributed by atoms with E-state index in [1.807, 2.05) is 0 Å². The third-order valence-corrected chi connectivity index (χ3v) is 5.73. The van der Waals surface area contributed by atoms with Crippen LogP contribution in [0.25, 0.3) is 0 Å². The normalized spacial score (nSPS) is 16.7. The molecule has 0 spiro atoms. The minimum absolute atomic E-state index is 0. The molecule has 0 amide bonds. The molecule has 6 nitrogen and oxygen atoms in total. The fourth-order valence-electron chi connectivity index (χ4n) is 3.09. The smallest absolute Gasteiger partial charge is 0.191 e. The summed E-state index contributed by atoms with van der Waals surface area (Å²) >= 11 is 1.68. The summed E-state index contributed by atoms with van der Waals surface area (Å²) in [7, 11) is 0. The van der Waals surface area contributed by atoms with Gasteiger partial charge >= 0.3 is 0 Å². The van der Waals surface area contributed by atoms with Gasteiger partial charge in [-0.1, -0.05) is 32.9 Å². The summed E-state index contributed by atoms with van der Waals surface area (Å²) in [6.07, 6.45) is 1.06. The number of hydrogen-bond donors (Lipinski definition) is 2. The first kappa shape index (κ1) is 25.9. The molecule has 0 radical (unpaired) electrons. The van der Waals surface area contributed by atoms with E-state index in [0.717, 1.165) is 47.5 Å². The average Bonchev–Trinajstić information content (AvgIpc) is 3.37. The molecule has 1 unspecified atom stereocenters. The van der Waals surface area contributed by atoms with Gasteiger partial charge in [-0.2, -0.15) is 0 Å². The van der Waals surface area contributed by atoms with Crippen LogP contribution in [0.5, 0.6) is 5.75 Å². The van der Waals surface area contributed by atoms with Crippen LogP contribution in [-0.4, -0.2) is 36.8 Å². The average molecular weight is 559 g/mol. The quantitative estimate of drug-likeness (QED) is 0.291. The summed E-state index contributed by atoms with van der Waals surface area (Å²) < 4.78 is 11.6. The Hall–Kier alpha value is -1.39. The highest BCUT2D eigenvalue weighted by Crippen LogP contribution is 2.25. The summed E-state index contributed by atoms with van der Waals surface area (Å²) in [5, 5.41) is 9.92. The molecule has 1 fully saturated rings. The molecule has 0 aliphatic carbocycles. The second-order valence-electron chi connectivity index (χ2n) is 8.64. The number of aromatic nitrogens is 1.